The van der Waals surface area contributed by atoms with E-state index in [1.54, 1.807) is 7.05 Å². The van der Waals surface area contributed by atoms with Crippen molar-refractivity contribution >= 4 is 17.7 Å². The molecule has 2 aliphatic rings. The number of nitrogens with one attached hydrogen (secondary N) is 2. The van der Waals surface area contributed by atoms with Crippen LogP contribution in [0, 0.1) is 0 Å². The second kappa shape index (κ2) is 9.16. The van der Waals surface area contributed by atoms with Crippen molar-refractivity contribution in [1.82, 2.24) is 20.4 Å². The summed E-state index contributed by atoms with van der Waals surface area (Å²) in [5.74, 6) is -0.240. The Bertz CT molecular complexity index is 777. The second-order valence-corrected chi connectivity index (χ2v) is 9.63. The van der Waals surface area contributed by atoms with Gasteiger partial charge >= 0.3 is 0 Å². The average molecular weight is 415 g/mol. The number of rotatable bonds is 9. The highest BCUT2D eigenvalue weighted by Gasteiger charge is 2.31. The molecule has 0 saturated heterocycles. The van der Waals surface area contributed by atoms with Crippen molar-refractivity contribution < 1.29 is 14.4 Å². The molecule has 0 atom stereocenters. The predicted molar refractivity (Wildman–Crippen MR) is 116 cm³/mol. The van der Waals surface area contributed by atoms with E-state index >= 15 is 0 Å². The molecular formula is C23H34N4O3. The number of nitrogens with zero attached hydrogens (tertiary/aromatic N) is 2. The van der Waals surface area contributed by atoms with Crippen molar-refractivity contribution in [3.05, 3.63) is 35.4 Å². The first kappa shape index (κ1) is 22.3. The Hall–Kier alpha value is -2.41. The van der Waals surface area contributed by atoms with E-state index in [9.17, 15) is 14.4 Å². The van der Waals surface area contributed by atoms with Gasteiger partial charge in [-0.15, -0.1) is 0 Å². The van der Waals surface area contributed by atoms with Crippen molar-refractivity contribution in [2.75, 3.05) is 20.1 Å². The van der Waals surface area contributed by atoms with E-state index in [1.165, 1.54) is 4.90 Å². The smallest absolute Gasteiger partial charge is 0.251 e. The summed E-state index contributed by atoms with van der Waals surface area (Å²) in [6.07, 6.45) is 4.31. The number of hydrogen-bond donors (Lipinski definition) is 2. The lowest BCUT2D eigenvalue weighted by molar-refractivity contribution is -0.136. The zero-order valence-corrected chi connectivity index (χ0v) is 18.5. The molecule has 7 nitrogen and oxygen atoms in total. The Labute approximate surface area is 179 Å². The van der Waals surface area contributed by atoms with Crippen LogP contribution in [0.5, 0.6) is 0 Å². The van der Waals surface area contributed by atoms with Gasteiger partial charge in [0.05, 0.1) is 13.1 Å². The molecular weight excluding hydrogens is 380 g/mol. The molecule has 0 radical (unpaired) electrons. The summed E-state index contributed by atoms with van der Waals surface area (Å²) < 4.78 is 0. The number of benzene rings is 1. The maximum Gasteiger partial charge on any atom is 0.251 e. The zero-order valence-electron chi connectivity index (χ0n) is 18.5. The summed E-state index contributed by atoms with van der Waals surface area (Å²) in [4.78, 5) is 40.6. The fourth-order valence-electron chi connectivity index (χ4n) is 3.30. The summed E-state index contributed by atoms with van der Waals surface area (Å²) in [5.41, 5.74) is 1.43. The molecule has 2 saturated carbocycles. The van der Waals surface area contributed by atoms with Crippen LogP contribution in [-0.2, 0) is 16.1 Å². The van der Waals surface area contributed by atoms with Gasteiger partial charge in [-0.3, -0.25) is 19.3 Å². The monoisotopic (exact) mass is 414 g/mol. The van der Waals surface area contributed by atoms with Crippen LogP contribution in [0.4, 0.5) is 0 Å². The van der Waals surface area contributed by atoms with Crippen molar-refractivity contribution in [3.8, 4) is 0 Å². The molecule has 0 spiro atoms. The molecule has 0 unspecified atom stereocenters. The topological polar surface area (TPSA) is 81.8 Å². The molecule has 2 aliphatic carbocycles. The number of likely N-dealkylation sites (N-methyl/N-ethyl adjacent to an activating group) is 1. The van der Waals surface area contributed by atoms with Gasteiger partial charge < -0.3 is 15.5 Å². The van der Waals surface area contributed by atoms with E-state index in [2.05, 4.69) is 15.5 Å². The first-order valence-electron chi connectivity index (χ1n) is 10.8. The van der Waals surface area contributed by atoms with Gasteiger partial charge in [-0.1, -0.05) is 12.1 Å². The lowest BCUT2D eigenvalue weighted by atomic mass is 10.1. The minimum Gasteiger partial charge on any atom is -0.350 e. The van der Waals surface area contributed by atoms with Crippen LogP contribution in [0.15, 0.2) is 24.3 Å². The summed E-state index contributed by atoms with van der Waals surface area (Å²) in [7, 11) is 1.67. The van der Waals surface area contributed by atoms with Gasteiger partial charge in [0, 0.05) is 36.8 Å². The fraction of sp³-hybridized carbons (Fsp3) is 0.609. The molecule has 1 aromatic carbocycles. The largest absolute Gasteiger partial charge is 0.350 e. The van der Waals surface area contributed by atoms with Crippen LogP contribution in [0.2, 0.25) is 0 Å². The summed E-state index contributed by atoms with van der Waals surface area (Å²) in [6, 6.07) is 8.37. The van der Waals surface area contributed by atoms with Crippen LogP contribution in [-0.4, -0.2) is 65.3 Å². The van der Waals surface area contributed by atoms with E-state index in [4.69, 9.17) is 0 Å². The van der Waals surface area contributed by atoms with Crippen LogP contribution in [0.1, 0.15) is 62.4 Å². The minimum atomic E-state index is -0.317. The third-order valence-electron chi connectivity index (χ3n) is 5.24. The van der Waals surface area contributed by atoms with Crippen LogP contribution in [0.25, 0.3) is 0 Å². The lowest BCUT2D eigenvalue weighted by Gasteiger charge is -2.26. The van der Waals surface area contributed by atoms with Crippen molar-refractivity contribution in [1.29, 1.82) is 0 Å². The average Bonchev–Trinajstić information content (AvgIpc) is 3.54. The lowest BCUT2D eigenvalue weighted by Crippen LogP contribution is -2.48. The standard InChI is InChI=1S/C23H34N4O3/c1-23(2,3)25-20(28)14-26(4)21(29)15-27(19-11-12-19)13-16-5-7-17(8-6-16)22(30)24-18-9-10-18/h5-8,18-19H,9-15H2,1-4H3,(H,24,30)(H,25,28). The maximum atomic E-state index is 12.7. The van der Waals surface area contributed by atoms with Crippen LogP contribution >= 0.6 is 0 Å². The maximum absolute atomic E-state index is 12.7. The quantitative estimate of drug-likeness (QED) is 0.647. The van der Waals surface area contributed by atoms with Crippen molar-refractivity contribution in [2.24, 2.45) is 0 Å². The molecule has 0 aliphatic heterocycles. The molecule has 164 valence electrons. The molecule has 7 heteroatoms. The molecule has 30 heavy (non-hydrogen) atoms. The Balaban J connectivity index is 1.52. The van der Waals surface area contributed by atoms with Crippen molar-refractivity contribution in [2.45, 2.75) is 70.6 Å². The van der Waals surface area contributed by atoms with Gasteiger partial charge in [-0.2, -0.15) is 0 Å². The third-order valence-corrected chi connectivity index (χ3v) is 5.24. The number of hydrogen-bond acceptors (Lipinski definition) is 4. The Morgan fingerprint density at radius 3 is 2.17 bits per heavy atom. The van der Waals surface area contributed by atoms with E-state index < -0.39 is 0 Å². The molecule has 1 aromatic rings. The Kier molecular flexibility index (Phi) is 6.81. The normalized spacial score (nSPS) is 16.3. The van der Waals surface area contributed by atoms with Crippen molar-refractivity contribution in [3.63, 3.8) is 0 Å². The number of carbonyl (C=O) groups is 3. The van der Waals surface area contributed by atoms with E-state index in [0.717, 1.165) is 31.2 Å². The third kappa shape index (κ3) is 7.13. The second-order valence-electron chi connectivity index (χ2n) is 9.63. The molecule has 3 rings (SSSR count). The summed E-state index contributed by atoms with van der Waals surface area (Å²) in [5, 5.41) is 5.88. The van der Waals surface area contributed by atoms with E-state index in [0.29, 0.717) is 24.2 Å². The highest BCUT2D eigenvalue weighted by Crippen LogP contribution is 2.28. The first-order valence-corrected chi connectivity index (χ1v) is 10.8. The van der Waals surface area contributed by atoms with Gasteiger partial charge in [0.15, 0.2) is 0 Å². The first-order chi connectivity index (χ1) is 14.1. The zero-order chi connectivity index (χ0) is 21.9. The van der Waals surface area contributed by atoms with Gasteiger partial charge in [0.25, 0.3) is 5.91 Å². The SMILES string of the molecule is CN(CC(=O)NC(C)(C)C)C(=O)CN(Cc1ccc(C(=O)NC2CC2)cc1)C1CC1. The molecule has 0 bridgehead atoms. The summed E-state index contributed by atoms with van der Waals surface area (Å²) in [6.45, 7) is 6.75. The van der Waals surface area contributed by atoms with Gasteiger partial charge in [0.2, 0.25) is 11.8 Å². The molecule has 0 heterocycles. The van der Waals surface area contributed by atoms with Gasteiger partial charge in [-0.05, 0) is 64.2 Å². The minimum absolute atomic E-state index is 0.0200. The Morgan fingerprint density at radius 2 is 1.63 bits per heavy atom. The van der Waals surface area contributed by atoms with E-state index in [1.807, 2.05) is 45.0 Å². The van der Waals surface area contributed by atoms with Crippen LogP contribution in [0.3, 0.4) is 0 Å². The van der Waals surface area contributed by atoms with Crippen LogP contribution < -0.4 is 10.6 Å². The fourth-order valence-corrected chi connectivity index (χ4v) is 3.30. The molecule has 0 aromatic heterocycles. The number of carbonyl (C=O) groups excluding carboxylic acids is 3. The van der Waals surface area contributed by atoms with E-state index in [-0.39, 0.29) is 36.3 Å². The van der Waals surface area contributed by atoms with Gasteiger partial charge in [-0.25, -0.2) is 0 Å². The summed E-state index contributed by atoms with van der Waals surface area (Å²) >= 11 is 0. The van der Waals surface area contributed by atoms with Gasteiger partial charge in [0.1, 0.15) is 0 Å². The predicted octanol–water partition coefficient (Wildman–Crippen LogP) is 1.92. The Morgan fingerprint density at radius 1 is 1.00 bits per heavy atom. The number of amides is 3. The molecule has 2 fully saturated rings. The molecule has 2 N–H and O–H groups in total. The highest BCUT2D eigenvalue weighted by atomic mass is 16.2. The highest BCUT2D eigenvalue weighted by molar-refractivity contribution is 5.94. The molecule has 3 amide bonds.